The number of halogens is 1. The van der Waals surface area contributed by atoms with Gasteiger partial charge in [0.1, 0.15) is 4.88 Å². The van der Waals surface area contributed by atoms with Gasteiger partial charge < -0.3 is 15.1 Å². The van der Waals surface area contributed by atoms with E-state index in [9.17, 15) is 19.8 Å². The fourth-order valence-corrected chi connectivity index (χ4v) is 5.59. The number of rotatable bonds is 5. The molecule has 1 atom stereocenters. The number of carbonyl (C=O) groups is 2. The van der Waals surface area contributed by atoms with Crippen molar-refractivity contribution in [2.24, 2.45) is 17.8 Å². The number of hydrogen-bond acceptors (Lipinski definition) is 4. The fourth-order valence-electron chi connectivity index (χ4n) is 4.52. The average Bonchev–Trinajstić information content (AvgIpc) is 3.18. The molecule has 1 aromatic rings. The Bertz CT molecular complexity index is 841. The third-order valence-electron chi connectivity index (χ3n) is 6.47. The van der Waals surface area contributed by atoms with E-state index in [1.54, 1.807) is 11.0 Å². The minimum absolute atomic E-state index is 0.0497. The number of carboxylic acids is 1. The first-order valence-corrected chi connectivity index (χ1v) is 13.6. The van der Waals surface area contributed by atoms with Gasteiger partial charge in [0.15, 0.2) is 0 Å². The van der Waals surface area contributed by atoms with Gasteiger partial charge in [-0.1, -0.05) is 48.3 Å². The third kappa shape index (κ3) is 6.23. The van der Waals surface area contributed by atoms with Gasteiger partial charge in [-0.3, -0.25) is 4.79 Å². The van der Waals surface area contributed by atoms with Crippen molar-refractivity contribution in [3.63, 3.8) is 0 Å². The molecule has 2 aliphatic carbocycles. The molecule has 31 heavy (non-hydrogen) atoms. The minimum Gasteiger partial charge on any atom is -0.477 e. The van der Waals surface area contributed by atoms with Gasteiger partial charge in [0.05, 0.1) is 16.7 Å². The summed E-state index contributed by atoms with van der Waals surface area (Å²) in [5.41, 5.74) is 0.494. The summed E-state index contributed by atoms with van der Waals surface area (Å²) >= 11 is 3.45. The number of carboxylic acid groups (broad SMARTS) is 1. The zero-order valence-electron chi connectivity index (χ0n) is 18.3. The van der Waals surface area contributed by atoms with Crippen LogP contribution in [0.4, 0.5) is 5.69 Å². The van der Waals surface area contributed by atoms with Gasteiger partial charge in [0.2, 0.25) is 5.91 Å². The Morgan fingerprint density at radius 2 is 1.84 bits per heavy atom. The highest BCUT2D eigenvalue weighted by Gasteiger charge is 2.37. The summed E-state index contributed by atoms with van der Waals surface area (Å²) in [6.07, 6.45) is 6.13. The monoisotopic (exact) mass is 557 g/mol. The van der Waals surface area contributed by atoms with E-state index in [0.717, 1.165) is 41.4 Å². The van der Waals surface area contributed by atoms with E-state index >= 15 is 0 Å². The lowest BCUT2D eigenvalue weighted by Crippen LogP contribution is -2.47. The Morgan fingerprint density at radius 3 is 2.42 bits per heavy atom. The molecule has 0 bridgehead atoms. The molecule has 0 aliphatic heterocycles. The molecule has 0 saturated heterocycles. The minimum atomic E-state index is -1.01. The van der Waals surface area contributed by atoms with Crippen molar-refractivity contribution in [3.8, 4) is 11.8 Å². The van der Waals surface area contributed by atoms with Crippen LogP contribution in [0.2, 0.25) is 0 Å². The van der Waals surface area contributed by atoms with Crippen molar-refractivity contribution in [1.82, 2.24) is 0 Å². The second-order valence-corrected chi connectivity index (χ2v) is 11.0. The Kier molecular flexibility index (Phi) is 8.82. The van der Waals surface area contributed by atoms with E-state index < -0.39 is 5.97 Å². The highest BCUT2D eigenvalue weighted by atomic mass is 127. The lowest BCUT2D eigenvalue weighted by atomic mass is 9.81. The summed E-state index contributed by atoms with van der Waals surface area (Å²) < 4.78 is 0.907. The van der Waals surface area contributed by atoms with Crippen LogP contribution in [0.5, 0.6) is 0 Å². The summed E-state index contributed by atoms with van der Waals surface area (Å²) in [5.74, 6) is 6.14. The lowest BCUT2D eigenvalue weighted by Gasteiger charge is -2.38. The summed E-state index contributed by atoms with van der Waals surface area (Å²) in [6, 6.07) is 1.73. The Hall–Kier alpha value is -1.11. The summed E-state index contributed by atoms with van der Waals surface area (Å²) in [7, 11) is 0. The first-order chi connectivity index (χ1) is 14.8. The van der Waals surface area contributed by atoms with E-state index in [-0.39, 0.29) is 34.8 Å². The molecular weight excluding hydrogens is 525 g/mol. The largest absolute Gasteiger partial charge is 0.477 e. The number of anilines is 1. The summed E-state index contributed by atoms with van der Waals surface area (Å²) in [6.45, 7) is 4.27. The second kappa shape index (κ2) is 11.2. The molecular formula is C24H32INO4S. The third-order valence-corrected chi connectivity index (χ3v) is 8.82. The van der Waals surface area contributed by atoms with Crippen LogP contribution in [0.15, 0.2) is 6.07 Å². The summed E-state index contributed by atoms with van der Waals surface area (Å²) in [5, 5.41) is 19.9. The summed E-state index contributed by atoms with van der Waals surface area (Å²) in [4.78, 5) is 28.5. The van der Waals surface area contributed by atoms with Crippen LogP contribution in [-0.4, -0.2) is 38.7 Å². The van der Waals surface area contributed by atoms with Crippen LogP contribution < -0.4 is 4.90 Å². The van der Waals surface area contributed by atoms with Gasteiger partial charge in [0, 0.05) is 22.3 Å². The van der Waals surface area contributed by atoms with E-state index in [1.807, 2.05) is 6.92 Å². The van der Waals surface area contributed by atoms with Crippen LogP contribution in [-0.2, 0) is 4.79 Å². The van der Waals surface area contributed by atoms with Crippen molar-refractivity contribution < 1.29 is 19.8 Å². The maximum atomic E-state index is 13.7. The van der Waals surface area contributed by atoms with Crippen molar-refractivity contribution in [3.05, 3.63) is 15.8 Å². The molecule has 2 saturated carbocycles. The maximum absolute atomic E-state index is 13.7. The van der Waals surface area contributed by atoms with Crippen LogP contribution in [0.1, 0.15) is 79.8 Å². The standard InChI is InChI=1S/C24H32INO4S/c1-15-3-6-17(7-4-15)23(28)26(18-8-10-19(27)11-9-18)21-13-20(12-5-16(2)14-25)31-22(21)24(29)30/h13,15-19,27H,3-4,6-11,14H2,1-2H3,(H,29,30). The molecule has 1 unspecified atom stereocenters. The number of carbonyl (C=O) groups excluding carboxylic acids is 1. The number of aliphatic hydroxyl groups is 1. The van der Waals surface area contributed by atoms with Gasteiger partial charge in [-0.15, -0.1) is 11.3 Å². The van der Waals surface area contributed by atoms with Crippen LogP contribution in [0, 0.1) is 29.6 Å². The Balaban J connectivity index is 1.97. The van der Waals surface area contributed by atoms with Crippen molar-refractivity contribution in [1.29, 1.82) is 0 Å². The van der Waals surface area contributed by atoms with E-state index in [1.165, 1.54) is 0 Å². The SMILES string of the molecule is CC(C#Cc1cc(N(C(=O)C2CCC(C)CC2)C2CCC(O)CC2)c(C(=O)O)s1)CI. The van der Waals surface area contributed by atoms with Crippen LogP contribution in [0.3, 0.4) is 0 Å². The van der Waals surface area contributed by atoms with Crippen LogP contribution in [0.25, 0.3) is 0 Å². The predicted octanol–water partition coefficient (Wildman–Crippen LogP) is 5.33. The van der Waals surface area contributed by atoms with Gasteiger partial charge in [-0.25, -0.2) is 4.79 Å². The topological polar surface area (TPSA) is 77.8 Å². The Labute approximate surface area is 202 Å². The zero-order valence-corrected chi connectivity index (χ0v) is 21.2. The van der Waals surface area contributed by atoms with E-state index in [2.05, 4.69) is 41.4 Å². The fraction of sp³-hybridized carbons (Fsp3) is 0.667. The zero-order chi connectivity index (χ0) is 22.5. The first kappa shape index (κ1) is 24.5. The quantitative estimate of drug-likeness (QED) is 0.292. The molecule has 5 nitrogen and oxygen atoms in total. The van der Waals surface area contributed by atoms with Gasteiger partial charge >= 0.3 is 5.97 Å². The van der Waals surface area contributed by atoms with Gasteiger partial charge in [0.25, 0.3) is 0 Å². The molecule has 1 heterocycles. The molecule has 2 aliphatic rings. The average molecular weight is 557 g/mol. The predicted molar refractivity (Wildman–Crippen MR) is 133 cm³/mol. The second-order valence-electron chi connectivity index (χ2n) is 9.08. The normalized spacial score (nSPS) is 27.1. The first-order valence-electron chi connectivity index (χ1n) is 11.3. The molecule has 3 rings (SSSR count). The van der Waals surface area contributed by atoms with Crippen molar-refractivity contribution in [2.45, 2.75) is 77.4 Å². The lowest BCUT2D eigenvalue weighted by molar-refractivity contribution is -0.124. The number of aliphatic hydroxyl groups excluding tert-OH is 1. The number of thiophene rings is 1. The van der Waals surface area contributed by atoms with E-state index in [0.29, 0.717) is 42.2 Å². The van der Waals surface area contributed by atoms with Gasteiger partial charge in [-0.05, 0) is 63.4 Å². The number of nitrogens with zero attached hydrogens (tertiary/aromatic N) is 1. The highest BCUT2D eigenvalue weighted by molar-refractivity contribution is 14.1. The molecule has 2 N–H and O–H groups in total. The van der Waals surface area contributed by atoms with Crippen molar-refractivity contribution >= 4 is 51.5 Å². The molecule has 170 valence electrons. The smallest absolute Gasteiger partial charge is 0.348 e. The molecule has 1 aromatic heterocycles. The molecule has 2 fully saturated rings. The van der Waals surface area contributed by atoms with Gasteiger partial charge in [-0.2, -0.15) is 0 Å². The van der Waals surface area contributed by atoms with Crippen molar-refractivity contribution in [2.75, 3.05) is 9.33 Å². The molecule has 0 spiro atoms. The Morgan fingerprint density at radius 1 is 1.19 bits per heavy atom. The molecule has 0 radical (unpaired) electrons. The maximum Gasteiger partial charge on any atom is 0.348 e. The molecule has 1 amide bonds. The number of hydrogen-bond donors (Lipinski definition) is 2. The highest BCUT2D eigenvalue weighted by Crippen LogP contribution is 2.38. The number of alkyl halides is 1. The van der Waals surface area contributed by atoms with Crippen LogP contribution >= 0.6 is 33.9 Å². The van der Waals surface area contributed by atoms with E-state index in [4.69, 9.17) is 0 Å². The number of aromatic carboxylic acids is 1. The number of amides is 1. The molecule has 0 aromatic carbocycles. The molecule has 7 heteroatoms.